The van der Waals surface area contributed by atoms with Gasteiger partial charge in [-0.2, -0.15) is 0 Å². The Kier molecular flexibility index (Phi) is 6.17. The molecule has 0 radical (unpaired) electrons. The molecular weight excluding hydrogens is 344 g/mol. The summed E-state index contributed by atoms with van der Waals surface area (Å²) in [4.78, 5) is 12.3. The molecule has 2 N–H and O–H groups in total. The van der Waals surface area contributed by atoms with Gasteiger partial charge in [-0.1, -0.05) is 17.7 Å². The van der Waals surface area contributed by atoms with E-state index in [1.807, 2.05) is 32.9 Å². The molecule has 0 aliphatic rings. The van der Waals surface area contributed by atoms with Gasteiger partial charge in [0.15, 0.2) is 5.11 Å². The quantitative estimate of drug-likeness (QED) is 0.787. The molecule has 0 aromatic heterocycles. The van der Waals surface area contributed by atoms with Crippen LogP contribution in [-0.4, -0.2) is 17.6 Å². The smallest absolute Gasteiger partial charge is 0.257 e. The highest BCUT2D eigenvalue weighted by atomic mass is 35.5. The zero-order chi connectivity index (χ0) is 17.7. The average Bonchev–Trinajstić information content (AvgIpc) is 2.48. The fraction of sp³-hybridized carbons (Fsp3) is 0.222. The first kappa shape index (κ1) is 18.2. The Morgan fingerprint density at radius 1 is 1.17 bits per heavy atom. The lowest BCUT2D eigenvalue weighted by molar-refractivity contribution is 0.0977. The highest BCUT2D eigenvalue weighted by Crippen LogP contribution is 2.25. The summed E-state index contributed by atoms with van der Waals surface area (Å²) in [6, 6.07) is 10.8. The van der Waals surface area contributed by atoms with Crippen molar-refractivity contribution in [3.63, 3.8) is 0 Å². The van der Waals surface area contributed by atoms with Crippen LogP contribution in [0.25, 0.3) is 0 Å². The monoisotopic (exact) mass is 362 g/mol. The fourth-order valence-corrected chi connectivity index (χ4v) is 2.74. The Hall–Kier alpha value is -2.11. The minimum atomic E-state index is -0.332. The van der Waals surface area contributed by atoms with Gasteiger partial charge < -0.3 is 10.1 Å². The lowest BCUT2D eigenvalue weighted by Crippen LogP contribution is -2.34. The zero-order valence-electron chi connectivity index (χ0n) is 13.8. The van der Waals surface area contributed by atoms with Crippen LogP contribution in [0.2, 0.25) is 5.02 Å². The third kappa shape index (κ3) is 4.94. The number of aryl methyl sites for hydroxylation is 2. The number of carbonyl (C=O) groups excluding carboxylic acids is 1. The second-order valence-electron chi connectivity index (χ2n) is 5.36. The highest BCUT2D eigenvalue weighted by Gasteiger charge is 2.11. The molecule has 0 fully saturated rings. The number of hydrogen-bond acceptors (Lipinski definition) is 3. The summed E-state index contributed by atoms with van der Waals surface area (Å²) >= 11 is 11.3. The van der Waals surface area contributed by atoms with Crippen LogP contribution in [-0.2, 0) is 0 Å². The van der Waals surface area contributed by atoms with Crippen LogP contribution in [0.1, 0.15) is 28.4 Å². The molecule has 2 aromatic carbocycles. The van der Waals surface area contributed by atoms with Gasteiger partial charge in [0.2, 0.25) is 0 Å². The molecular formula is C18H19ClN2O2S. The zero-order valence-corrected chi connectivity index (χ0v) is 15.3. The standard InChI is InChI=1S/C18H19ClN2O2S/c1-4-23-16-6-5-13(10-15(16)19)17(22)21-18(24)20-14-8-11(2)7-12(3)9-14/h5-10H,4H2,1-3H3,(H2,20,21,22,24). The number of hydrogen-bond donors (Lipinski definition) is 2. The Morgan fingerprint density at radius 2 is 1.83 bits per heavy atom. The molecule has 2 aromatic rings. The van der Waals surface area contributed by atoms with E-state index in [-0.39, 0.29) is 11.0 Å². The molecule has 0 bridgehead atoms. The van der Waals surface area contributed by atoms with Crippen LogP contribution in [0, 0.1) is 13.8 Å². The maximum absolute atomic E-state index is 12.3. The van der Waals surface area contributed by atoms with Gasteiger partial charge in [0.05, 0.1) is 11.6 Å². The molecule has 6 heteroatoms. The maximum Gasteiger partial charge on any atom is 0.257 e. The largest absolute Gasteiger partial charge is 0.492 e. The normalized spacial score (nSPS) is 10.2. The summed E-state index contributed by atoms with van der Waals surface area (Å²) < 4.78 is 5.35. The number of benzene rings is 2. The lowest BCUT2D eigenvalue weighted by Gasteiger charge is -2.12. The Labute approximate surface area is 152 Å². The van der Waals surface area contributed by atoms with Crippen LogP contribution in [0.15, 0.2) is 36.4 Å². The van der Waals surface area contributed by atoms with Gasteiger partial charge in [-0.15, -0.1) is 0 Å². The Morgan fingerprint density at radius 3 is 2.42 bits per heavy atom. The van der Waals surface area contributed by atoms with E-state index in [9.17, 15) is 4.79 Å². The number of ether oxygens (including phenoxy) is 1. The first-order valence-electron chi connectivity index (χ1n) is 7.52. The van der Waals surface area contributed by atoms with E-state index < -0.39 is 0 Å². The highest BCUT2D eigenvalue weighted by molar-refractivity contribution is 7.80. The van der Waals surface area contributed by atoms with E-state index in [0.29, 0.717) is 22.9 Å². The Balaban J connectivity index is 2.03. The molecule has 126 valence electrons. The molecule has 0 atom stereocenters. The Bertz CT molecular complexity index is 757. The van der Waals surface area contributed by atoms with E-state index >= 15 is 0 Å². The van der Waals surface area contributed by atoms with Crippen molar-refractivity contribution in [3.8, 4) is 5.75 Å². The first-order chi connectivity index (χ1) is 11.4. The van der Waals surface area contributed by atoms with Crippen LogP contribution in [0.3, 0.4) is 0 Å². The van der Waals surface area contributed by atoms with E-state index in [1.165, 1.54) is 0 Å². The number of amides is 1. The van der Waals surface area contributed by atoms with Crippen LogP contribution in [0.4, 0.5) is 5.69 Å². The topological polar surface area (TPSA) is 50.4 Å². The van der Waals surface area contributed by atoms with Gasteiger partial charge in [-0.05, 0) is 74.4 Å². The van der Waals surface area contributed by atoms with Crippen molar-refractivity contribution in [3.05, 3.63) is 58.1 Å². The molecule has 2 rings (SSSR count). The van der Waals surface area contributed by atoms with E-state index in [1.54, 1.807) is 18.2 Å². The minimum absolute atomic E-state index is 0.231. The number of thiocarbonyl (C=S) groups is 1. The van der Waals surface area contributed by atoms with Crippen LogP contribution in [0.5, 0.6) is 5.75 Å². The molecule has 0 saturated heterocycles. The first-order valence-corrected chi connectivity index (χ1v) is 8.30. The number of nitrogens with one attached hydrogen (secondary N) is 2. The number of halogens is 1. The van der Waals surface area contributed by atoms with Crippen LogP contribution < -0.4 is 15.4 Å². The van der Waals surface area contributed by atoms with Crippen molar-refractivity contribution in [1.82, 2.24) is 5.32 Å². The average molecular weight is 363 g/mol. The number of anilines is 1. The fourth-order valence-electron chi connectivity index (χ4n) is 2.30. The van der Waals surface area contributed by atoms with Gasteiger partial charge in [-0.3, -0.25) is 10.1 Å². The van der Waals surface area contributed by atoms with E-state index in [2.05, 4.69) is 16.7 Å². The van der Waals surface area contributed by atoms with Gasteiger partial charge in [0.25, 0.3) is 5.91 Å². The minimum Gasteiger partial charge on any atom is -0.492 e. The molecule has 0 aliphatic carbocycles. The summed E-state index contributed by atoms with van der Waals surface area (Å²) in [5, 5.41) is 6.27. The van der Waals surface area contributed by atoms with Gasteiger partial charge >= 0.3 is 0 Å². The number of carbonyl (C=O) groups is 1. The molecule has 24 heavy (non-hydrogen) atoms. The van der Waals surface area contributed by atoms with E-state index in [0.717, 1.165) is 16.8 Å². The molecule has 1 amide bonds. The van der Waals surface area contributed by atoms with Gasteiger partial charge in [-0.25, -0.2) is 0 Å². The second-order valence-corrected chi connectivity index (χ2v) is 6.18. The van der Waals surface area contributed by atoms with Crippen LogP contribution >= 0.6 is 23.8 Å². The van der Waals surface area contributed by atoms with Gasteiger partial charge in [0.1, 0.15) is 5.75 Å². The van der Waals surface area contributed by atoms with Crippen molar-refractivity contribution < 1.29 is 9.53 Å². The summed E-state index contributed by atoms with van der Waals surface area (Å²) in [6.45, 7) is 6.38. The van der Waals surface area contributed by atoms with E-state index in [4.69, 9.17) is 28.6 Å². The number of rotatable bonds is 4. The molecule has 0 heterocycles. The van der Waals surface area contributed by atoms with Crippen molar-refractivity contribution >= 4 is 40.5 Å². The second kappa shape index (κ2) is 8.13. The summed E-state index contributed by atoms with van der Waals surface area (Å²) in [7, 11) is 0. The molecule has 4 nitrogen and oxygen atoms in total. The predicted molar refractivity (Wildman–Crippen MR) is 102 cm³/mol. The van der Waals surface area contributed by atoms with Crippen molar-refractivity contribution in [2.24, 2.45) is 0 Å². The van der Waals surface area contributed by atoms with Crippen molar-refractivity contribution in [2.75, 3.05) is 11.9 Å². The lowest BCUT2D eigenvalue weighted by atomic mass is 10.1. The summed E-state index contributed by atoms with van der Waals surface area (Å²) in [6.07, 6.45) is 0. The summed E-state index contributed by atoms with van der Waals surface area (Å²) in [5.41, 5.74) is 3.48. The van der Waals surface area contributed by atoms with Gasteiger partial charge in [0, 0.05) is 11.3 Å². The summed E-state index contributed by atoms with van der Waals surface area (Å²) in [5.74, 6) is 0.216. The molecule has 0 saturated carbocycles. The third-order valence-corrected chi connectivity index (χ3v) is 3.70. The molecule has 0 spiro atoms. The predicted octanol–water partition coefficient (Wildman–Crippen LogP) is 4.48. The maximum atomic E-state index is 12.3. The van der Waals surface area contributed by atoms with Crippen molar-refractivity contribution in [1.29, 1.82) is 0 Å². The van der Waals surface area contributed by atoms with Crippen molar-refractivity contribution in [2.45, 2.75) is 20.8 Å². The third-order valence-electron chi connectivity index (χ3n) is 3.20. The molecule has 0 aliphatic heterocycles. The molecule has 0 unspecified atom stereocenters. The SMILES string of the molecule is CCOc1ccc(C(=O)NC(=S)Nc2cc(C)cc(C)c2)cc1Cl.